The smallest absolute Gasteiger partial charge is 0.255 e. The van der Waals surface area contributed by atoms with Crippen molar-refractivity contribution in [2.45, 2.75) is 25.8 Å². The van der Waals surface area contributed by atoms with Gasteiger partial charge in [0.1, 0.15) is 0 Å². The highest BCUT2D eigenvalue weighted by Gasteiger charge is 2.33. The molecule has 0 bridgehead atoms. The quantitative estimate of drug-likeness (QED) is 0.918. The van der Waals surface area contributed by atoms with E-state index in [1.165, 1.54) is 0 Å². The summed E-state index contributed by atoms with van der Waals surface area (Å²) >= 11 is 5.84. The molecule has 0 spiro atoms. The molecule has 0 saturated heterocycles. The van der Waals surface area contributed by atoms with E-state index < -0.39 is 0 Å². The number of halogens is 1. The SMILES string of the molecule is CC(=O)N(c1ccccc1NC(=O)c1ccc(Cl)cc1)C1CC1. The van der Waals surface area contributed by atoms with Gasteiger partial charge in [0.15, 0.2) is 0 Å². The fourth-order valence-electron chi connectivity index (χ4n) is 2.54. The lowest BCUT2D eigenvalue weighted by Gasteiger charge is -2.23. The van der Waals surface area contributed by atoms with Gasteiger partial charge < -0.3 is 10.2 Å². The normalized spacial score (nSPS) is 13.5. The topological polar surface area (TPSA) is 49.4 Å². The van der Waals surface area contributed by atoms with E-state index in [2.05, 4.69) is 5.32 Å². The molecule has 2 aromatic rings. The lowest BCUT2D eigenvalue weighted by Crippen LogP contribution is -2.31. The molecular weight excluding hydrogens is 312 g/mol. The molecule has 4 nitrogen and oxygen atoms in total. The van der Waals surface area contributed by atoms with Crippen LogP contribution in [0.2, 0.25) is 5.02 Å². The Morgan fingerprint density at radius 2 is 1.74 bits per heavy atom. The Bertz CT molecular complexity index is 739. The molecule has 1 aliphatic rings. The Hall–Kier alpha value is -2.33. The number of benzene rings is 2. The summed E-state index contributed by atoms with van der Waals surface area (Å²) in [7, 11) is 0. The van der Waals surface area contributed by atoms with E-state index in [9.17, 15) is 9.59 Å². The number of nitrogens with one attached hydrogen (secondary N) is 1. The van der Waals surface area contributed by atoms with Crippen LogP contribution < -0.4 is 10.2 Å². The van der Waals surface area contributed by atoms with Gasteiger partial charge in [-0.1, -0.05) is 23.7 Å². The standard InChI is InChI=1S/C18H17ClN2O2/c1-12(22)21(15-10-11-15)17-5-3-2-4-16(17)20-18(23)13-6-8-14(19)9-7-13/h2-9,15H,10-11H2,1H3,(H,20,23). The minimum Gasteiger partial charge on any atom is -0.320 e. The van der Waals surface area contributed by atoms with Crippen molar-refractivity contribution >= 4 is 34.8 Å². The van der Waals surface area contributed by atoms with Crippen molar-refractivity contribution in [3.05, 3.63) is 59.1 Å². The van der Waals surface area contributed by atoms with Crippen molar-refractivity contribution in [2.75, 3.05) is 10.2 Å². The summed E-state index contributed by atoms with van der Waals surface area (Å²) in [6.07, 6.45) is 2.00. The van der Waals surface area contributed by atoms with Crippen molar-refractivity contribution in [1.82, 2.24) is 0 Å². The van der Waals surface area contributed by atoms with Crippen LogP contribution in [0.15, 0.2) is 48.5 Å². The molecule has 5 heteroatoms. The summed E-state index contributed by atoms with van der Waals surface area (Å²) in [6, 6.07) is 14.3. The minimum absolute atomic E-state index is 0.0132. The zero-order chi connectivity index (χ0) is 16.4. The fraction of sp³-hybridized carbons (Fsp3) is 0.222. The molecule has 23 heavy (non-hydrogen) atoms. The zero-order valence-electron chi connectivity index (χ0n) is 12.8. The summed E-state index contributed by atoms with van der Waals surface area (Å²) in [6.45, 7) is 1.55. The second kappa shape index (κ2) is 6.42. The third-order valence-corrected chi connectivity index (χ3v) is 4.02. The van der Waals surface area contributed by atoms with Crippen molar-refractivity contribution in [1.29, 1.82) is 0 Å². The molecule has 0 aliphatic heterocycles. The van der Waals surface area contributed by atoms with E-state index in [1.807, 2.05) is 24.3 Å². The number of anilines is 2. The van der Waals surface area contributed by atoms with Crippen LogP contribution in [0.4, 0.5) is 11.4 Å². The van der Waals surface area contributed by atoms with E-state index in [0.29, 0.717) is 16.3 Å². The number of hydrogen-bond acceptors (Lipinski definition) is 2. The Morgan fingerprint density at radius 3 is 2.35 bits per heavy atom. The summed E-state index contributed by atoms with van der Waals surface area (Å²) in [4.78, 5) is 26.1. The molecule has 1 fully saturated rings. The van der Waals surface area contributed by atoms with E-state index >= 15 is 0 Å². The first-order chi connectivity index (χ1) is 11.1. The maximum absolute atomic E-state index is 12.4. The summed E-state index contributed by atoms with van der Waals surface area (Å²) in [5, 5.41) is 3.47. The second-order valence-electron chi connectivity index (χ2n) is 5.60. The minimum atomic E-state index is -0.228. The first-order valence-electron chi connectivity index (χ1n) is 7.52. The highest BCUT2D eigenvalue weighted by molar-refractivity contribution is 6.30. The molecule has 1 N–H and O–H groups in total. The van der Waals surface area contributed by atoms with Gasteiger partial charge in [0, 0.05) is 23.6 Å². The van der Waals surface area contributed by atoms with Gasteiger partial charge in [-0.25, -0.2) is 0 Å². The number of rotatable bonds is 4. The molecule has 0 aromatic heterocycles. The van der Waals surface area contributed by atoms with Crippen LogP contribution in [0.25, 0.3) is 0 Å². The van der Waals surface area contributed by atoms with Crippen molar-refractivity contribution in [2.24, 2.45) is 0 Å². The third-order valence-electron chi connectivity index (χ3n) is 3.77. The Labute approximate surface area is 140 Å². The molecule has 1 aliphatic carbocycles. The van der Waals surface area contributed by atoms with E-state index in [1.54, 1.807) is 36.1 Å². The second-order valence-corrected chi connectivity index (χ2v) is 6.03. The molecule has 3 rings (SSSR count). The van der Waals surface area contributed by atoms with Gasteiger partial charge >= 0.3 is 0 Å². The number of hydrogen-bond donors (Lipinski definition) is 1. The molecule has 0 heterocycles. The predicted octanol–water partition coefficient (Wildman–Crippen LogP) is 4.11. The van der Waals surface area contributed by atoms with Gasteiger partial charge in [-0.2, -0.15) is 0 Å². The average molecular weight is 329 g/mol. The third kappa shape index (κ3) is 3.54. The Morgan fingerprint density at radius 1 is 1.09 bits per heavy atom. The van der Waals surface area contributed by atoms with Crippen molar-refractivity contribution < 1.29 is 9.59 Å². The molecule has 0 radical (unpaired) electrons. The van der Waals surface area contributed by atoms with Gasteiger partial charge in [-0.15, -0.1) is 0 Å². The molecule has 0 atom stereocenters. The number of para-hydroxylation sites is 2. The molecule has 2 amide bonds. The maximum atomic E-state index is 12.4. The summed E-state index contributed by atoms with van der Waals surface area (Å²) in [5.41, 5.74) is 1.89. The van der Waals surface area contributed by atoms with Gasteiger partial charge in [0.05, 0.1) is 11.4 Å². The van der Waals surface area contributed by atoms with Crippen LogP contribution in [0, 0.1) is 0 Å². The first-order valence-corrected chi connectivity index (χ1v) is 7.90. The molecule has 2 aromatic carbocycles. The highest BCUT2D eigenvalue weighted by atomic mass is 35.5. The van der Waals surface area contributed by atoms with Crippen molar-refractivity contribution in [3.8, 4) is 0 Å². The van der Waals surface area contributed by atoms with Crippen LogP contribution >= 0.6 is 11.6 Å². The van der Waals surface area contributed by atoms with Gasteiger partial charge in [-0.3, -0.25) is 9.59 Å². The van der Waals surface area contributed by atoms with Gasteiger partial charge in [0.2, 0.25) is 5.91 Å². The van der Waals surface area contributed by atoms with Crippen LogP contribution in [0.3, 0.4) is 0 Å². The van der Waals surface area contributed by atoms with Gasteiger partial charge in [-0.05, 0) is 49.2 Å². The molecule has 0 unspecified atom stereocenters. The number of carbonyl (C=O) groups excluding carboxylic acids is 2. The Kier molecular flexibility index (Phi) is 4.35. The summed E-state index contributed by atoms with van der Waals surface area (Å²) in [5.74, 6) is -0.242. The molecule has 1 saturated carbocycles. The molecular formula is C18H17ClN2O2. The maximum Gasteiger partial charge on any atom is 0.255 e. The van der Waals surface area contributed by atoms with E-state index in [-0.39, 0.29) is 17.9 Å². The first kappa shape index (κ1) is 15.6. The lowest BCUT2D eigenvalue weighted by atomic mass is 10.2. The average Bonchev–Trinajstić information content (AvgIpc) is 3.34. The van der Waals surface area contributed by atoms with Crippen LogP contribution in [-0.4, -0.2) is 17.9 Å². The number of amides is 2. The monoisotopic (exact) mass is 328 g/mol. The van der Waals surface area contributed by atoms with Crippen LogP contribution in [0.5, 0.6) is 0 Å². The summed E-state index contributed by atoms with van der Waals surface area (Å²) < 4.78 is 0. The highest BCUT2D eigenvalue weighted by Crippen LogP contribution is 2.36. The number of nitrogens with zero attached hydrogens (tertiary/aromatic N) is 1. The zero-order valence-corrected chi connectivity index (χ0v) is 13.5. The van der Waals surface area contributed by atoms with Crippen LogP contribution in [0.1, 0.15) is 30.1 Å². The van der Waals surface area contributed by atoms with Crippen molar-refractivity contribution in [3.63, 3.8) is 0 Å². The fourth-order valence-corrected chi connectivity index (χ4v) is 2.67. The Balaban J connectivity index is 1.87. The lowest BCUT2D eigenvalue weighted by molar-refractivity contribution is -0.116. The largest absolute Gasteiger partial charge is 0.320 e. The van der Waals surface area contributed by atoms with E-state index in [4.69, 9.17) is 11.6 Å². The number of carbonyl (C=O) groups is 2. The van der Waals surface area contributed by atoms with Crippen LogP contribution in [-0.2, 0) is 4.79 Å². The van der Waals surface area contributed by atoms with Gasteiger partial charge in [0.25, 0.3) is 5.91 Å². The van der Waals surface area contributed by atoms with E-state index in [0.717, 1.165) is 18.5 Å². The predicted molar refractivity (Wildman–Crippen MR) is 92.0 cm³/mol. The molecule has 118 valence electrons.